The Labute approximate surface area is 180 Å². The van der Waals surface area contributed by atoms with Crippen molar-refractivity contribution >= 4 is 29.1 Å². The molecule has 1 fully saturated rings. The third-order valence-corrected chi connectivity index (χ3v) is 5.52. The molecule has 1 aromatic heterocycles. The molecule has 2 aromatic carbocycles. The van der Waals surface area contributed by atoms with Gasteiger partial charge in [-0.15, -0.1) is 0 Å². The second kappa shape index (κ2) is 8.95. The van der Waals surface area contributed by atoms with E-state index in [4.69, 9.17) is 28.2 Å². The normalized spacial score (nSPS) is 14.6. The summed E-state index contributed by atoms with van der Waals surface area (Å²) in [6, 6.07) is 18.8. The van der Waals surface area contributed by atoms with Crippen LogP contribution in [0, 0.1) is 0 Å². The molecule has 148 valence electrons. The van der Waals surface area contributed by atoms with Gasteiger partial charge in [-0.3, -0.25) is 10.2 Å². The highest BCUT2D eigenvalue weighted by atomic mass is 35.5. The zero-order valence-electron chi connectivity index (χ0n) is 15.9. The molecule has 1 N–H and O–H groups in total. The number of hydrazine groups is 1. The third-order valence-electron chi connectivity index (χ3n) is 5.02. The summed E-state index contributed by atoms with van der Waals surface area (Å²) >= 11 is 12.1. The van der Waals surface area contributed by atoms with Crippen molar-refractivity contribution < 1.29 is 4.79 Å². The van der Waals surface area contributed by atoms with Crippen LogP contribution in [0.1, 0.15) is 29.8 Å². The van der Waals surface area contributed by atoms with Gasteiger partial charge in [0.05, 0.1) is 5.69 Å². The molecule has 0 unspecified atom stereocenters. The molecule has 0 atom stereocenters. The summed E-state index contributed by atoms with van der Waals surface area (Å²) in [5, 5.41) is 3.30. The third kappa shape index (κ3) is 4.78. The van der Waals surface area contributed by atoms with E-state index in [-0.39, 0.29) is 5.91 Å². The standard InChI is InChI=1S/C23H21Cl2N3O/c24-18-8-4-16(5-9-18)20-12-13-21(23(29)27-28-14-2-1-3-15-28)26-22(20)17-6-10-19(25)11-7-17/h4-13H,1-3,14-15H2,(H,27,29). The highest BCUT2D eigenvalue weighted by molar-refractivity contribution is 6.31. The Bertz CT molecular complexity index is 998. The first-order valence-electron chi connectivity index (χ1n) is 9.69. The predicted molar refractivity (Wildman–Crippen MR) is 118 cm³/mol. The van der Waals surface area contributed by atoms with Crippen LogP contribution in [-0.2, 0) is 0 Å². The van der Waals surface area contributed by atoms with E-state index in [9.17, 15) is 4.79 Å². The van der Waals surface area contributed by atoms with Crippen molar-refractivity contribution in [3.63, 3.8) is 0 Å². The van der Waals surface area contributed by atoms with Crippen molar-refractivity contribution in [1.29, 1.82) is 0 Å². The summed E-state index contributed by atoms with van der Waals surface area (Å²) in [6.07, 6.45) is 3.40. The zero-order valence-corrected chi connectivity index (χ0v) is 17.4. The number of nitrogens with zero attached hydrogens (tertiary/aromatic N) is 2. The van der Waals surface area contributed by atoms with Crippen LogP contribution in [-0.4, -0.2) is 29.0 Å². The number of carbonyl (C=O) groups excluding carboxylic acids is 1. The summed E-state index contributed by atoms with van der Waals surface area (Å²) in [5.41, 5.74) is 6.91. The lowest BCUT2D eigenvalue weighted by atomic mass is 9.99. The largest absolute Gasteiger partial charge is 0.284 e. The van der Waals surface area contributed by atoms with Gasteiger partial charge in [-0.05, 0) is 54.8 Å². The summed E-state index contributed by atoms with van der Waals surface area (Å²) in [5.74, 6) is -0.190. The number of rotatable bonds is 4. The number of benzene rings is 2. The number of aromatic nitrogens is 1. The number of amides is 1. The molecule has 4 rings (SSSR count). The van der Waals surface area contributed by atoms with Crippen LogP contribution in [0.25, 0.3) is 22.4 Å². The molecule has 1 aliphatic heterocycles. The molecular formula is C23H21Cl2N3O. The van der Waals surface area contributed by atoms with E-state index >= 15 is 0 Å². The Balaban J connectivity index is 1.71. The average molecular weight is 426 g/mol. The average Bonchev–Trinajstić information content (AvgIpc) is 2.75. The lowest BCUT2D eigenvalue weighted by molar-refractivity contribution is 0.0745. The number of pyridine rings is 1. The van der Waals surface area contributed by atoms with Gasteiger partial charge in [-0.25, -0.2) is 9.99 Å². The van der Waals surface area contributed by atoms with Crippen molar-refractivity contribution in [1.82, 2.24) is 15.4 Å². The van der Waals surface area contributed by atoms with Crippen LogP contribution < -0.4 is 5.43 Å². The number of halogens is 2. The maximum Gasteiger partial charge on any atom is 0.284 e. The molecule has 1 saturated heterocycles. The number of nitrogens with one attached hydrogen (secondary N) is 1. The molecule has 0 radical (unpaired) electrons. The van der Waals surface area contributed by atoms with Crippen LogP contribution >= 0.6 is 23.2 Å². The van der Waals surface area contributed by atoms with Gasteiger partial charge in [-0.2, -0.15) is 0 Å². The zero-order chi connectivity index (χ0) is 20.2. The van der Waals surface area contributed by atoms with Gasteiger partial charge in [0.15, 0.2) is 0 Å². The summed E-state index contributed by atoms with van der Waals surface area (Å²) in [4.78, 5) is 17.5. The summed E-state index contributed by atoms with van der Waals surface area (Å²) in [6.45, 7) is 1.75. The minimum Gasteiger partial charge on any atom is -0.283 e. The van der Waals surface area contributed by atoms with Gasteiger partial charge < -0.3 is 0 Å². The molecule has 29 heavy (non-hydrogen) atoms. The fourth-order valence-corrected chi connectivity index (χ4v) is 3.73. The van der Waals surface area contributed by atoms with Gasteiger partial charge >= 0.3 is 0 Å². The molecule has 6 heteroatoms. The minimum atomic E-state index is -0.190. The van der Waals surface area contributed by atoms with E-state index < -0.39 is 0 Å². The number of carbonyl (C=O) groups is 1. The van der Waals surface area contributed by atoms with E-state index in [1.54, 1.807) is 6.07 Å². The van der Waals surface area contributed by atoms with Crippen LogP contribution in [0.15, 0.2) is 60.7 Å². The summed E-state index contributed by atoms with van der Waals surface area (Å²) < 4.78 is 0. The topological polar surface area (TPSA) is 45.2 Å². The quantitative estimate of drug-likeness (QED) is 0.569. The number of hydrogen-bond donors (Lipinski definition) is 1. The van der Waals surface area contributed by atoms with Crippen LogP contribution in [0.4, 0.5) is 0 Å². The van der Waals surface area contributed by atoms with Gasteiger partial charge in [0.2, 0.25) is 0 Å². The molecule has 4 nitrogen and oxygen atoms in total. The first-order valence-corrected chi connectivity index (χ1v) is 10.4. The molecule has 3 aromatic rings. The molecular weight excluding hydrogens is 405 g/mol. The van der Waals surface area contributed by atoms with Gasteiger partial charge in [0.1, 0.15) is 5.69 Å². The Morgan fingerprint density at radius 2 is 1.38 bits per heavy atom. The second-order valence-corrected chi connectivity index (χ2v) is 7.97. The number of piperidine rings is 1. The van der Waals surface area contributed by atoms with Gasteiger partial charge in [0, 0.05) is 34.3 Å². The second-order valence-electron chi connectivity index (χ2n) is 7.10. The monoisotopic (exact) mass is 425 g/mol. The van der Waals surface area contributed by atoms with Crippen molar-refractivity contribution in [2.45, 2.75) is 19.3 Å². The lowest BCUT2D eigenvalue weighted by Crippen LogP contribution is -2.45. The summed E-state index contributed by atoms with van der Waals surface area (Å²) in [7, 11) is 0. The van der Waals surface area contributed by atoms with E-state index in [0.29, 0.717) is 15.7 Å². The van der Waals surface area contributed by atoms with E-state index in [2.05, 4.69) is 5.43 Å². The van der Waals surface area contributed by atoms with Gasteiger partial charge in [-0.1, -0.05) is 53.9 Å². The fraction of sp³-hybridized carbons (Fsp3) is 0.217. The Morgan fingerprint density at radius 3 is 2.00 bits per heavy atom. The SMILES string of the molecule is O=C(NN1CCCCC1)c1ccc(-c2ccc(Cl)cc2)c(-c2ccc(Cl)cc2)n1. The molecule has 2 heterocycles. The molecule has 0 saturated carbocycles. The fourth-order valence-electron chi connectivity index (χ4n) is 3.48. The van der Waals surface area contributed by atoms with Gasteiger partial charge in [0.25, 0.3) is 5.91 Å². The van der Waals surface area contributed by atoms with E-state index in [1.807, 2.05) is 59.6 Å². The Kier molecular flexibility index (Phi) is 6.14. The van der Waals surface area contributed by atoms with E-state index in [0.717, 1.165) is 48.3 Å². The maximum absolute atomic E-state index is 12.8. The van der Waals surface area contributed by atoms with Crippen molar-refractivity contribution in [3.05, 3.63) is 76.4 Å². The van der Waals surface area contributed by atoms with Crippen LogP contribution in [0.2, 0.25) is 10.0 Å². The van der Waals surface area contributed by atoms with Crippen molar-refractivity contribution in [2.75, 3.05) is 13.1 Å². The molecule has 0 spiro atoms. The molecule has 1 aliphatic rings. The van der Waals surface area contributed by atoms with Crippen LogP contribution in [0.5, 0.6) is 0 Å². The lowest BCUT2D eigenvalue weighted by Gasteiger charge is -2.26. The first kappa shape index (κ1) is 19.9. The first-order chi connectivity index (χ1) is 14.1. The van der Waals surface area contributed by atoms with Crippen LogP contribution in [0.3, 0.4) is 0 Å². The predicted octanol–water partition coefficient (Wildman–Crippen LogP) is 5.85. The highest BCUT2D eigenvalue weighted by Gasteiger charge is 2.18. The van der Waals surface area contributed by atoms with Crippen molar-refractivity contribution in [3.8, 4) is 22.4 Å². The Hall–Kier alpha value is -2.40. The molecule has 0 bridgehead atoms. The molecule has 1 amide bonds. The van der Waals surface area contributed by atoms with Crippen molar-refractivity contribution in [2.24, 2.45) is 0 Å². The maximum atomic E-state index is 12.8. The highest BCUT2D eigenvalue weighted by Crippen LogP contribution is 2.32. The minimum absolute atomic E-state index is 0.190. The number of hydrogen-bond acceptors (Lipinski definition) is 3. The smallest absolute Gasteiger partial charge is 0.283 e. The molecule has 0 aliphatic carbocycles. The van der Waals surface area contributed by atoms with E-state index in [1.165, 1.54) is 6.42 Å². The Morgan fingerprint density at radius 1 is 0.793 bits per heavy atom.